The van der Waals surface area contributed by atoms with Gasteiger partial charge in [0.1, 0.15) is 0 Å². The van der Waals surface area contributed by atoms with E-state index in [9.17, 15) is 8.42 Å². The van der Waals surface area contributed by atoms with Crippen LogP contribution in [0.3, 0.4) is 0 Å². The fourth-order valence-electron chi connectivity index (χ4n) is 1.80. The van der Waals surface area contributed by atoms with E-state index in [-0.39, 0.29) is 6.04 Å². The smallest absolute Gasteiger partial charge is 0.218 e. The second-order valence-corrected chi connectivity index (χ2v) is 8.20. The molecule has 1 aromatic carbocycles. The van der Waals surface area contributed by atoms with Gasteiger partial charge < -0.3 is 5.32 Å². The Morgan fingerprint density at radius 3 is 2.50 bits per heavy atom. The molecular formula is C14H23ClN2O2S. The first-order chi connectivity index (χ1) is 9.23. The molecule has 20 heavy (non-hydrogen) atoms. The topological polar surface area (TPSA) is 49.4 Å². The monoisotopic (exact) mass is 318 g/mol. The van der Waals surface area contributed by atoms with Crippen LogP contribution < -0.4 is 5.32 Å². The molecule has 1 rings (SSSR count). The van der Waals surface area contributed by atoms with Crippen molar-refractivity contribution in [2.45, 2.75) is 38.6 Å². The molecule has 0 saturated carbocycles. The largest absolute Gasteiger partial charge is 0.313 e. The summed E-state index contributed by atoms with van der Waals surface area (Å²) in [5.41, 5.74) is 0.882. The Morgan fingerprint density at radius 1 is 1.30 bits per heavy atom. The van der Waals surface area contributed by atoms with Crippen LogP contribution in [0.15, 0.2) is 24.3 Å². The van der Waals surface area contributed by atoms with Crippen LogP contribution in [0.25, 0.3) is 0 Å². The standard InChI is InChI=1S/C14H23ClN2O2S/c1-11(2)16-9-12(3)20(18,19)17(4)10-13-6-5-7-14(15)8-13/h5-8,11-12,16H,9-10H2,1-4H3. The highest BCUT2D eigenvalue weighted by atomic mass is 35.5. The minimum absolute atomic E-state index is 0.269. The molecule has 0 spiro atoms. The van der Waals surface area contributed by atoms with Gasteiger partial charge in [0, 0.05) is 31.2 Å². The molecule has 0 radical (unpaired) electrons. The zero-order valence-corrected chi connectivity index (χ0v) is 14.0. The van der Waals surface area contributed by atoms with Gasteiger partial charge in [-0.05, 0) is 24.6 Å². The third-order valence-electron chi connectivity index (χ3n) is 3.05. The van der Waals surface area contributed by atoms with Crippen molar-refractivity contribution in [3.63, 3.8) is 0 Å². The molecule has 0 aliphatic carbocycles. The van der Waals surface area contributed by atoms with E-state index in [2.05, 4.69) is 5.32 Å². The van der Waals surface area contributed by atoms with Gasteiger partial charge in [0.2, 0.25) is 10.0 Å². The quantitative estimate of drug-likeness (QED) is 0.840. The molecule has 1 N–H and O–H groups in total. The Kier molecular flexibility index (Phi) is 6.45. The first-order valence-corrected chi connectivity index (χ1v) is 8.54. The molecule has 1 aromatic rings. The molecular weight excluding hydrogens is 296 g/mol. The number of nitrogens with one attached hydrogen (secondary N) is 1. The van der Waals surface area contributed by atoms with Crippen molar-refractivity contribution in [1.29, 1.82) is 0 Å². The maximum Gasteiger partial charge on any atom is 0.218 e. The van der Waals surface area contributed by atoms with Crippen LogP contribution in [-0.4, -0.2) is 37.6 Å². The molecule has 4 nitrogen and oxygen atoms in total. The zero-order chi connectivity index (χ0) is 15.3. The molecule has 0 aliphatic heterocycles. The fourth-order valence-corrected chi connectivity index (χ4v) is 3.26. The Morgan fingerprint density at radius 2 is 1.95 bits per heavy atom. The predicted octanol–water partition coefficient (Wildman–Crippen LogP) is 2.49. The molecule has 0 heterocycles. The summed E-state index contributed by atoms with van der Waals surface area (Å²) in [6, 6.07) is 7.52. The van der Waals surface area contributed by atoms with E-state index in [0.29, 0.717) is 18.1 Å². The molecule has 0 amide bonds. The van der Waals surface area contributed by atoms with E-state index in [4.69, 9.17) is 11.6 Å². The summed E-state index contributed by atoms with van der Waals surface area (Å²) >= 11 is 5.91. The second kappa shape index (κ2) is 7.41. The Labute approximate surface area is 127 Å². The van der Waals surface area contributed by atoms with Crippen molar-refractivity contribution in [3.05, 3.63) is 34.9 Å². The molecule has 0 bridgehead atoms. The van der Waals surface area contributed by atoms with Crippen molar-refractivity contribution in [1.82, 2.24) is 9.62 Å². The Balaban J connectivity index is 2.71. The van der Waals surface area contributed by atoms with Gasteiger partial charge in [-0.25, -0.2) is 12.7 Å². The highest BCUT2D eigenvalue weighted by Gasteiger charge is 2.25. The van der Waals surface area contributed by atoms with Crippen LogP contribution in [0, 0.1) is 0 Å². The summed E-state index contributed by atoms with van der Waals surface area (Å²) in [5, 5.41) is 3.30. The molecule has 0 fully saturated rings. The molecule has 0 saturated heterocycles. The van der Waals surface area contributed by atoms with Gasteiger partial charge in [0.15, 0.2) is 0 Å². The van der Waals surface area contributed by atoms with Crippen LogP contribution in [0.2, 0.25) is 5.02 Å². The summed E-state index contributed by atoms with van der Waals surface area (Å²) in [6.45, 7) is 6.48. The maximum atomic E-state index is 12.4. The normalized spacial score (nSPS) is 13.9. The molecule has 0 aromatic heterocycles. The number of benzene rings is 1. The molecule has 6 heteroatoms. The van der Waals surface area contributed by atoms with Gasteiger partial charge >= 0.3 is 0 Å². The highest BCUT2D eigenvalue weighted by molar-refractivity contribution is 7.89. The van der Waals surface area contributed by atoms with Crippen molar-refractivity contribution < 1.29 is 8.42 Å². The predicted molar refractivity (Wildman–Crippen MR) is 84.4 cm³/mol. The van der Waals surface area contributed by atoms with Gasteiger partial charge in [0.05, 0.1) is 5.25 Å². The lowest BCUT2D eigenvalue weighted by molar-refractivity contribution is 0.450. The number of hydrogen-bond acceptors (Lipinski definition) is 3. The lowest BCUT2D eigenvalue weighted by atomic mass is 10.2. The van der Waals surface area contributed by atoms with Gasteiger partial charge in [0.25, 0.3) is 0 Å². The van der Waals surface area contributed by atoms with E-state index in [1.165, 1.54) is 4.31 Å². The number of rotatable bonds is 7. The lowest BCUT2D eigenvalue weighted by Gasteiger charge is -2.23. The number of hydrogen-bond donors (Lipinski definition) is 1. The first-order valence-electron chi connectivity index (χ1n) is 6.66. The van der Waals surface area contributed by atoms with Crippen LogP contribution in [0.1, 0.15) is 26.3 Å². The number of halogens is 1. The van der Waals surface area contributed by atoms with Gasteiger partial charge in [-0.3, -0.25) is 0 Å². The molecule has 1 atom stereocenters. The third-order valence-corrected chi connectivity index (χ3v) is 5.47. The van der Waals surface area contributed by atoms with Crippen molar-refractivity contribution >= 4 is 21.6 Å². The zero-order valence-electron chi connectivity index (χ0n) is 12.4. The summed E-state index contributed by atoms with van der Waals surface area (Å²) in [6.07, 6.45) is 0. The average Bonchev–Trinajstić information content (AvgIpc) is 2.35. The summed E-state index contributed by atoms with van der Waals surface area (Å²) in [7, 11) is -1.72. The van der Waals surface area contributed by atoms with Crippen molar-refractivity contribution in [3.8, 4) is 0 Å². The van der Waals surface area contributed by atoms with Crippen LogP contribution in [0.4, 0.5) is 0 Å². The van der Waals surface area contributed by atoms with Crippen LogP contribution in [-0.2, 0) is 16.6 Å². The highest BCUT2D eigenvalue weighted by Crippen LogP contribution is 2.15. The van der Waals surface area contributed by atoms with E-state index < -0.39 is 15.3 Å². The van der Waals surface area contributed by atoms with Gasteiger partial charge in [-0.15, -0.1) is 0 Å². The number of sulfonamides is 1. The van der Waals surface area contributed by atoms with Crippen molar-refractivity contribution in [2.24, 2.45) is 0 Å². The van der Waals surface area contributed by atoms with E-state index in [1.54, 1.807) is 26.1 Å². The summed E-state index contributed by atoms with van der Waals surface area (Å²) in [4.78, 5) is 0. The second-order valence-electron chi connectivity index (χ2n) is 5.30. The van der Waals surface area contributed by atoms with Gasteiger partial charge in [-0.1, -0.05) is 37.6 Å². The molecule has 0 aliphatic rings. The SMILES string of the molecule is CC(C)NCC(C)S(=O)(=O)N(C)Cc1cccc(Cl)c1. The minimum Gasteiger partial charge on any atom is -0.313 e. The average molecular weight is 319 g/mol. The first kappa shape index (κ1) is 17.4. The Bertz CT molecular complexity index is 532. The van der Waals surface area contributed by atoms with E-state index in [0.717, 1.165) is 5.56 Å². The van der Waals surface area contributed by atoms with E-state index >= 15 is 0 Å². The van der Waals surface area contributed by atoms with Gasteiger partial charge in [-0.2, -0.15) is 0 Å². The number of nitrogens with zero attached hydrogens (tertiary/aromatic N) is 1. The van der Waals surface area contributed by atoms with Crippen LogP contribution in [0.5, 0.6) is 0 Å². The van der Waals surface area contributed by atoms with Crippen molar-refractivity contribution in [2.75, 3.05) is 13.6 Å². The molecule has 114 valence electrons. The maximum absolute atomic E-state index is 12.4. The molecule has 1 unspecified atom stereocenters. The minimum atomic E-state index is -3.32. The fraction of sp³-hybridized carbons (Fsp3) is 0.571. The Hall–Kier alpha value is -0.620. The summed E-state index contributed by atoms with van der Waals surface area (Å²) < 4.78 is 26.2. The summed E-state index contributed by atoms with van der Waals surface area (Å²) in [5.74, 6) is 0. The third kappa shape index (κ3) is 5.05. The van der Waals surface area contributed by atoms with Crippen LogP contribution >= 0.6 is 11.6 Å². The van der Waals surface area contributed by atoms with E-state index in [1.807, 2.05) is 26.0 Å². The lowest BCUT2D eigenvalue weighted by Crippen LogP contribution is -2.41.